The number of guanidine groups is 1. The van der Waals surface area contributed by atoms with Gasteiger partial charge in [-0.05, 0) is 34.2 Å². The maximum Gasteiger partial charge on any atom is 0.194 e. The van der Waals surface area contributed by atoms with Gasteiger partial charge in [-0.25, -0.2) is 0 Å². The summed E-state index contributed by atoms with van der Waals surface area (Å²) in [6, 6.07) is 0.587. The fraction of sp³-hybridized carbons (Fsp3) is 0.933. The zero-order chi connectivity index (χ0) is 15.0. The lowest BCUT2D eigenvalue weighted by Gasteiger charge is -2.34. The van der Waals surface area contributed by atoms with Crippen molar-refractivity contribution in [2.24, 2.45) is 4.99 Å². The summed E-state index contributed by atoms with van der Waals surface area (Å²) in [7, 11) is 2.16. The van der Waals surface area contributed by atoms with Crippen LogP contribution in [0.3, 0.4) is 0 Å². The van der Waals surface area contributed by atoms with Crippen molar-refractivity contribution in [3.8, 4) is 0 Å². The molecule has 21 heavy (non-hydrogen) atoms. The van der Waals surface area contributed by atoms with Crippen LogP contribution in [0.25, 0.3) is 0 Å². The Labute approximate surface area is 152 Å². The highest BCUT2D eigenvalue weighted by Gasteiger charge is 2.21. The van der Waals surface area contributed by atoms with E-state index in [9.17, 15) is 0 Å². The van der Waals surface area contributed by atoms with Gasteiger partial charge in [0.2, 0.25) is 0 Å². The Kier molecular flexibility index (Phi) is 12.0. The van der Waals surface area contributed by atoms with Gasteiger partial charge in [-0.3, -0.25) is 4.99 Å². The molecule has 0 radical (unpaired) electrons. The minimum atomic E-state index is 0. The Hall–Kier alpha value is 0.310. The average molecular weight is 428 g/mol. The molecule has 0 aliphatic carbocycles. The molecule has 6 heteroatoms. The highest BCUT2D eigenvalue weighted by Crippen LogP contribution is 2.20. The van der Waals surface area contributed by atoms with Crippen molar-refractivity contribution in [2.45, 2.75) is 45.4 Å². The highest BCUT2D eigenvalue weighted by atomic mass is 127. The van der Waals surface area contributed by atoms with Gasteiger partial charge in [0.15, 0.2) is 5.96 Å². The lowest BCUT2D eigenvalue weighted by molar-refractivity contribution is 0.281. The summed E-state index contributed by atoms with van der Waals surface area (Å²) < 4.78 is 0. The number of nitrogens with one attached hydrogen (secondary N) is 1. The van der Waals surface area contributed by atoms with Gasteiger partial charge in [-0.15, -0.1) is 24.0 Å². The van der Waals surface area contributed by atoms with E-state index in [1.807, 2.05) is 0 Å². The summed E-state index contributed by atoms with van der Waals surface area (Å²) in [4.78, 5) is 9.58. The fourth-order valence-electron chi connectivity index (χ4n) is 2.16. The number of rotatable bonds is 6. The second-order valence-corrected chi connectivity index (χ2v) is 7.07. The van der Waals surface area contributed by atoms with E-state index in [2.05, 4.69) is 61.6 Å². The van der Waals surface area contributed by atoms with Crippen LogP contribution in [-0.4, -0.2) is 72.6 Å². The van der Waals surface area contributed by atoms with Gasteiger partial charge in [-0.2, -0.15) is 11.8 Å². The van der Waals surface area contributed by atoms with Crippen molar-refractivity contribution in [3.63, 3.8) is 0 Å². The van der Waals surface area contributed by atoms with Crippen molar-refractivity contribution >= 4 is 41.7 Å². The van der Waals surface area contributed by atoms with Crippen LogP contribution in [0, 0.1) is 0 Å². The normalized spacial score (nSPS) is 19.9. The predicted molar refractivity (Wildman–Crippen MR) is 107 cm³/mol. The molecule has 1 saturated heterocycles. The van der Waals surface area contributed by atoms with Crippen molar-refractivity contribution in [1.82, 2.24) is 15.1 Å². The van der Waals surface area contributed by atoms with Crippen LogP contribution in [0.5, 0.6) is 0 Å². The molecule has 1 rings (SSSR count). The first-order valence-corrected chi connectivity index (χ1v) is 8.98. The van der Waals surface area contributed by atoms with Crippen LogP contribution in [0.4, 0.5) is 0 Å². The largest absolute Gasteiger partial charge is 0.357 e. The second kappa shape index (κ2) is 11.8. The first-order chi connectivity index (χ1) is 9.58. The molecule has 1 atom stereocenters. The summed E-state index contributed by atoms with van der Waals surface area (Å²) in [5, 5.41) is 4.20. The molecule has 0 aromatic heterocycles. The lowest BCUT2D eigenvalue weighted by atomic mass is 10.3. The van der Waals surface area contributed by atoms with E-state index in [1.165, 1.54) is 12.2 Å². The molecule has 1 fully saturated rings. The fourth-order valence-corrected chi connectivity index (χ4v) is 3.34. The number of hydrogen-bond donors (Lipinski definition) is 1. The predicted octanol–water partition coefficient (Wildman–Crippen LogP) is 2.74. The smallest absolute Gasteiger partial charge is 0.194 e. The first-order valence-electron chi connectivity index (χ1n) is 7.93. The van der Waals surface area contributed by atoms with Crippen molar-refractivity contribution in [2.75, 3.05) is 45.5 Å². The molecule has 126 valence electrons. The topological polar surface area (TPSA) is 30.9 Å². The van der Waals surface area contributed by atoms with Gasteiger partial charge < -0.3 is 15.1 Å². The third-order valence-electron chi connectivity index (χ3n) is 3.82. The molecule has 1 heterocycles. The Morgan fingerprint density at radius 1 is 1.43 bits per heavy atom. The molecule has 0 aromatic carbocycles. The number of hydrogen-bond acceptors (Lipinski definition) is 3. The SMILES string of the molecule is CCNC(=NCCN(C)C(C)C)N1CCSC(CC)C1.I. The molecule has 0 saturated carbocycles. The zero-order valence-corrected chi connectivity index (χ0v) is 17.4. The van der Waals surface area contributed by atoms with Crippen LogP contribution in [-0.2, 0) is 0 Å². The molecule has 0 amide bonds. The van der Waals surface area contributed by atoms with Crippen LogP contribution in [0.2, 0.25) is 0 Å². The van der Waals surface area contributed by atoms with Crippen molar-refractivity contribution in [3.05, 3.63) is 0 Å². The number of nitrogens with zero attached hydrogens (tertiary/aromatic N) is 3. The van der Waals surface area contributed by atoms with E-state index in [0.29, 0.717) is 6.04 Å². The number of aliphatic imine (C=N–C) groups is 1. The van der Waals surface area contributed by atoms with Gasteiger partial charge in [0.1, 0.15) is 0 Å². The quantitative estimate of drug-likeness (QED) is 0.401. The van der Waals surface area contributed by atoms with Gasteiger partial charge in [0.05, 0.1) is 6.54 Å². The van der Waals surface area contributed by atoms with Crippen molar-refractivity contribution in [1.29, 1.82) is 0 Å². The molecular formula is C15H33IN4S. The minimum absolute atomic E-state index is 0. The van der Waals surface area contributed by atoms with Crippen LogP contribution >= 0.6 is 35.7 Å². The zero-order valence-electron chi connectivity index (χ0n) is 14.3. The Bertz CT molecular complexity index is 299. The summed E-state index contributed by atoms with van der Waals surface area (Å²) in [5.41, 5.74) is 0. The number of halogens is 1. The van der Waals surface area contributed by atoms with E-state index in [1.54, 1.807) is 0 Å². The van der Waals surface area contributed by atoms with Crippen LogP contribution in [0.15, 0.2) is 4.99 Å². The number of likely N-dealkylation sites (N-methyl/N-ethyl adjacent to an activating group) is 1. The first kappa shape index (κ1) is 21.3. The summed E-state index contributed by atoms with van der Waals surface area (Å²) >= 11 is 2.10. The molecule has 4 nitrogen and oxygen atoms in total. The molecule has 0 bridgehead atoms. The van der Waals surface area contributed by atoms with E-state index in [-0.39, 0.29) is 24.0 Å². The maximum atomic E-state index is 4.81. The summed E-state index contributed by atoms with van der Waals surface area (Å²) in [6.07, 6.45) is 1.25. The Morgan fingerprint density at radius 2 is 2.14 bits per heavy atom. The highest BCUT2D eigenvalue weighted by molar-refractivity contribution is 14.0. The van der Waals surface area contributed by atoms with E-state index < -0.39 is 0 Å². The molecule has 0 aromatic rings. The van der Waals surface area contributed by atoms with Crippen molar-refractivity contribution < 1.29 is 0 Å². The maximum absolute atomic E-state index is 4.81. The monoisotopic (exact) mass is 428 g/mol. The van der Waals surface area contributed by atoms with E-state index in [0.717, 1.165) is 43.9 Å². The van der Waals surface area contributed by atoms with E-state index >= 15 is 0 Å². The van der Waals surface area contributed by atoms with E-state index in [4.69, 9.17) is 4.99 Å². The standard InChI is InChI=1S/C15H32N4S.HI/c1-6-14-12-19(10-11-20-14)15(16-7-2)17-8-9-18(5)13(3)4;/h13-14H,6-12H2,1-5H3,(H,16,17);1H. The molecule has 1 unspecified atom stereocenters. The van der Waals surface area contributed by atoms with Crippen LogP contribution < -0.4 is 5.32 Å². The molecule has 0 spiro atoms. The summed E-state index contributed by atoms with van der Waals surface area (Å²) in [5.74, 6) is 2.32. The molecule has 1 aliphatic rings. The van der Waals surface area contributed by atoms with Gasteiger partial charge in [0, 0.05) is 43.2 Å². The third kappa shape index (κ3) is 7.93. The van der Waals surface area contributed by atoms with Gasteiger partial charge >= 0.3 is 0 Å². The molecule has 1 aliphatic heterocycles. The number of thioether (sulfide) groups is 1. The lowest BCUT2D eigenvalue weighted by Crippen LogP contribution is -2.48. The average Bonchev–Trinajstić information content (AvgIpc) is 2.46. The van der Waals surface area contributed by atoms with Gasteiger partial charge in [-0.1, -0.05) is 6.92 Å². The Morgan fingerprint density at radius 3 is 2.71 bits per heavy atom. The third-order valence-corrected chi connectivity index (χ3v) is 5.20. The second-order valence-electron chi connectivity index (χ2n) is 5.66. The minimum Gasteiger partial charge on any atom is -0.357 e. The van der Waals surface area contributed by atoms with Crippen LogP contribution in [0.1, 0.15) is 34.1 Å². The Balaban J connectivity index is 0.00000400. The van der Waals surface area contributed by atoms with Gasteiger partial charge in [0.25, 0.3) is 0 Å². The summed E-state index contributed by atoms with van der Waals surface area (Å²) in [6.45, 7) is 14.0. The molecular weight excluding hydrogens is 395 g/mol. The molecule has 1 N–H and O–H groups in total.